The van der Waals surface area contributed by atoms with Crippen LogP contribution in [0.4, 0.5) is 0 Å². The van der Waals surface area contributed by atoms with E-state index in [1.807, 2.05) is 0 Å². The Hall–Kier alpha value is -2.21. The zero-order valence-electron chi connectivity index (χ0n) is 12.3. The minimum absolute atomic E-state index is 0.000191. The van der Waals surface area contributed by atoms with Gasteiger partial charge in [-0.15, -0.1) is 0 Å². The average molecular weight is 324 g/mol. The van der Waals surface area contributed by atoms with Gasteiger partial charge in [-0.05, 0) is 25.0 Å². The van der Waals surface area contributed by atoms with Crippen LogP contribution in [0.3, 0.4) is 0 Å². The van der Waals surface area contributed by atoms with Crippen molar-refractivity contribution in [3.63, 3.8) is 0 Å². The van der Waals surface area contributed by atoms with E-state index in [1.165, 1.54) is 7.11 Å². The molecule has 1 fully saturated rings. The molecule has 6 nitrogen and oxygen atoms in total. The lowest BCUT2D eigenvalue weighted by molar-refractivity contribution is -0.132. The van der Waals surface area contributed by atoms with Crippen LogP contribution >= 0.6 is 11.6 Å². The van der Waals surface area contributed by atoms with Gasteiger partial charge in [0.2, 0.25) is 0 Å². The predicted octanol–water partition coefficient (Wildman–Crippen LogP) is 2.27. The van der Waals surface area contributed by atoms with Crippen LogP contribution in [0.5, 0.6) is 0 Å². The molecule has 1 aliphatic rings. The highest BCUT2D eigenvalue weighted by Crippen LogP contribution is 2.36. The Labute approximate surface area is 133 Å². The molecule has 118 valence electrons. The third-order valence-corrected chi connectivity index (χ3v) is 3.54. The number of hydrogen-bond acceptors (Lipinski definition) is 6. The van der Waals surface area contributed by atoms with E-state index in [9.17, 15) is 4.79 Å². The third-order valence-electron chi connectivity index (χ3n) is 3.16. The number of methoxy groups -OCH3 is 1. The number of ether oxygens (including phenoxy) is 1. The highest BCUT2D eigenvalue weighted by atomic mass is 35.5. The van der Waals surface area contributed by atoms with Crippen molar-refractivity contribution in [1.82, 2.24) is 5.32 Å². The van der Waals surface area contributed by atoms with Crippen LogP contribution in [0.15, 0.2) is 50.9 Å². The number of halogens is 1. The molecule has 0 aromatic carbocycles. The van der Waals surface area contributed by atoms with Gasteiger partial charge in [0, 0.05) is 11.6 Å². The first-order valence-corrected chi connectivity index (χ1v) is 7.18. The first-order valence-electron chi connectivity index (χ1n) is 6.80. The summed E-state index contributed by atoms with van der Waals surface area (Å²) in [5.41, 5.74) is 6.43. The highest BCUT2D eigenvalue weighted by molar-refractivity contribution is 6.58. The molecule has 1 aliphatic carbocycles. The second-order valence-corrected chi connectivity index (χ2v) is 5.26. The molecular formula is C15H18ClN3O3. The molecule has 0 spiro atoms. The smallest absolute Gasteiger partial charge is 0.358 e. The molecule has 1 saturated carbocycles. The summed E-state index contributed by atoms with van der Waals surface area (Å²) in [6.07, 6.45) is 3.59. The molecule has 1 aromatic heterocycles. The van der Waals surface area contributed by atoms with Crippen LogP contribution in [-0.2, 0) is 16.1 Å². The fourth-order valence-corrected chi connectivity index (χ4v) is 1.92. The second kappa shape index (κ2) is 7.17. The Morgan fingerprint density at radius 1 is 1.64 bits per heavy atom. The summed E-state index contributed by atoms with van der Waals surface area (Å²) in [7, 11) is 1.26. The van der Waals surface area contributed by atoms with Gasteiger partial charge >= 0.3 is 5.97 Å². The van der Waals surface area contributed by atoms with E-state index < -0.39 is 5.97 Å². The van der Waals surface area contributed by atoms with E-state index in [-0.39, 0.29) is 16.6 Å². The van der Waals surface area contributed by atoms with Crippen molar-refractivity contribution >= 4 is 23.3 Å². The summed E-state index contributed by atoms with van der Waals surface area (Å²) < 4.78 is 9.88. The molecule has 1 heterocycles. The van der Waals surface area contributed by atoms with E-state index in [0.717, 1.165) is 12.8 Å². The lowest BCUT2D eigenvalue weighted by Gasteiger charge is -2.10. The molecule has 22 heavy (non-hydrogen) atoms. The number of esters is 1. The SMILES string of the molecule is C=C(/N=C(C(=O)OC)\C(Cl)=C(/N)NCc1ccco1)C1CC1. The topological polar surface area (TPSA) is 89.8 Å². The maximum absolute atomic E-state index is 11.9. The van der Waals surface area contributed by atoms with E-state index in [0.29, 0.717) is 23.9 Å². The second-order valence-electron chi connectivity index (χ2n) is 4.88. The largest absolute Gasteiger partial charge is 0.467 e. The van der Waals surface area contributed by atoms with Crippen LogP contribution < -0.4 is 11.1 Å². The Bertz CT molecular complexity index is 616. The summed E-state index contributed by atoms with van der Waals surface area (Å²) in [6, 6.07) is 3.55. The van der Waals surface area contributed by atoms with Gasteiger partial charge in [-0.2, -0.15) is 0 Å². The Morgan fingerprint density at radius 2 is 2.36 bits per heavy atom. The minimum Gasteiger partial charge on any atom is -0.467 e. The molecular weight excluding hydrogens is 306 g/mol. The van der Waals surface area contributed by atoms with Crippen LogP contribution in [0.2, 0.25) is 0 Å². The van der Waals surface area contributed by atoms with Gasteiger partial charge in [-0.25, -0.2) is 9.79 Å². The standard InChI is InChI=1S/C15H18ClN3O3/c1-9(10-5-6-10)19-13(15(20)21-2)12(16)14(17)18-8-11-4-3-7-22-11/h3-4,7,10,18H,1,5-6,8,17H2,2H3/b14-12-,19-13+. The number of allylic oxidation sites excluding steroid dienone is 1. The van der Waals surface area contributed by atoms with Gasteiger partial charge in [0.05, 0.1) is 19.9 Å². The minimum atomic E-state index is -0.658. The number of rotatable bonds is 7. The van der Waals surface area contributed by atoms with E-state index in [2.05, 4.69) is 16.9 Å². The van der Waals surface area contributed by atoms with Crippen LogP contribution in [0.1, 0.15) is 18.6 Å². The van der Waals surface area contributed by atoms with E-state index >= 15 is 0 Å². The number of nitrogens with two attached hydrogens (primary N) is 1. The summed E-state index contributed by atoms with van der Waals surface area (Å²) >= 11 is 6.17. The van der Waals surface area contributed by atoms with Gasteiger partial charge in [0.1, 0.15) is 16.6 Å². The molecule has 2 rings (SSSR count). The van der Waals surface area contributed by atoms with Crippen molar-refractivity contribution in [2.75, 3.05) is 7.11 Å². The molecule has 0 saturated heterocycles. The van der Waals surface area contributed by atoms with Gasteiger partial charge in [0.25, 0.3) is 0 Å². The molecule has 0 atom stereocenters. The molecule has 1 aromatic rings. The van der Waals surface area contributed by atoms with Crippen LogP contribution in [0.25, 0.3) is 0 Å². The third kappa shape index (κ3) is 4.14. The number of carbonyl (C=O) groups excluding carboxylic acids is 1. The highest BCUT2D eigenvalue weighted by Gasteiger charge is 2.27. The summed E-state index contributed by atoms with van der Waals surface area (Å²) in [5, 5.41) is 2.88. The molecule has 0 unspecified atom stereocenters. The number of aliphatic imine (C=N–C) groups is 1. The van der Waals surface area contributed by atoms with Crippen molar-refractivity contribution in [3.05, 3.63) is 47.3 Å². The monoisotopic (exact) mass is 323 g/mol. The van der Waals surface area contributed by atoms with Gasteiger partial charge < -0.3 is 20.2 Å². The van der Waals surface area contributed by atoms with Crippen LogP contribution in [-0.4, -0.2) is 18.8 Å². The summed E-state index contributed by atoms with van der Waals surface area (Å²) in [6.45, 7) is 4.19. The molecule has 0 bridgehead atoms. The van der Waals surface area contributed by atoms with Crippen LogP contribution in [0, 0.1) is 5.92 Å². The average Bonchev–Trinajstić information content (AvgIpc) is 3.25. The first kappa shape index (κ1) is 16.2. The molecule has 0 radical (unpaired) electrons. The maximum atomic E-state index is 11.9. The van der Waals surface area contributed by atoms with Gasteiger partial charge in [-0.3, -0.25) is 0 Å². The summed E-state index contributed by atoms with van der Waals surface area (Å²) in [4.78, 5) is 16.0. The normalized spacial score (nSPS) is 16.0. The molecule has 3 N–H and O–H groups in total. The van der Waals surface area contributed by atoms with E-state index in [4.69, 9.17) is 26.5 Å². The van der Waals surface area contributed by atoms with Crippen molar-refractivity contribution in [2.45, 2.75) is 19.4 Å². The molecule has 7 heteroatoms. The Morgan fingerprint density at radius 3 is 2.91 bits per heavy atom. The lowest BCUT2D eigenvalue weighted by atomic mass is 10.3. The molecule has 0 aliphatic heterocycles. The number of furan rings is 1. The van der Waals surface area contributed by atoms with Crippen molar-refractivity contribution in [1.29, 1.82) is 0 Å². The lowest BCUT2D eigenvalue weighted by Crippen LogP contribution is -2.26. The number of nitrogens with zero attached hydrogens (tertiary/aromatic N) is 1. The predicted molar refractivity (Wildman–Crippen MR) is 83.9 cm³/mol. The number of carbonyl (C=O) groups is 1. The van der Waals surface area contributed by atoms with Crippen molar-refractivity contribution in [3.8, 4) is 0 Å². The Kier molecular flexibility index (Phi) is 5.27. The summed E-state index contributed by atoms with van der Waals surface area (Å²) in [5.74, 6) is 0.452. The Balaban J connectivity index is 2.15. The fourth-order valence-electron chi connectivity index (χ4n) is 1.73. The van der Waals surface area contributed by atoms with Gasteiger partial charge in [-0.1, -0.05) is 18.2 Å². The molecule has 0 amide bonds. The number of hydrogen-bond donors (Lipinski definition) is 2. The zero-order valence-corrected chi connectivity index (χ0v) is 13.0. The zero-order chi connectivity index (χ0) is 16.1. The van der Waals surface area contributed by atoms with Crippen molar-refractivity contribution < 1.29 is 13.9 Å². The number of nitrogens with one attached hydrogen (secondary N) is 1. The fraction of sp³-hybridized carbons (Fsp3) is 0.333. The van der Waals surface area contributed by atoms with Gasteiger partial charge in [0.15, 0.2) is 5.71 Å². The quantitative estimate of drug-likeness (QED) is 0.593. The first-order chi connectivity index (χ1) is 10.5. The van der Waals surface area contributed by atoms with Crippen molar-refractivity contribution in [2.24, 2.45) is 16.6 Å². The maximum Gasteiger partial charge on any atom is 0.358 e. The van der Waals surface area contributed by atoms with E-state index in [1.54, 1.807) is 18.4 Å².